The molecule has 0 aromatic rings. The number of hydrogen-bond donors (Lipinski definition) is 2. The molecule has 0 spiro atoms. The Labute approximate surface area is 87.4 Å². The maximum Gasteiger partial charge on any atom is 0.0591 e. The highest BCUT2D eigenvalue weighted by molar-refractivity contribution is 4.82. The second-order valence-corrected chi connectivity index (χ2v) is 4.30. The van der Waals surface area contributed by atoms with Crippen LogP contribution in [0.4, 0.5) is 0 Å². The van der Waals surface area contributed by atoms with Gasteiger partial charge in [-0.25, -0.2) is 0 Å². The third kappa shape index (κ3) is 3.23. The molecule has 3 atom stereocenters. The van der Waals surface area contributed by atoms with E-state index >= 15 is 0 Å². The molecule has 0 aromatic heterocycles. The van der Waals surface area contributed by atoms with E-state index in [1.165, 1.54) is 25.7 Å². The van der Waals surface area contributed by atoms with E-state index in [1.807, 2.05) is 0 Å². The molecular formula is C11H24N2O. The van der Waals surface area contributed by atoms with E-state index in [0.29, 0.717) is 18.1 Å². The van der Waals surface area contributed by atoms with Crippen molar-refractivity contribution in [2.75, 3.05) is 6.61 Å². The van der Waals surface area contributed by atoms with E-state index in [0.717, 1.165) is 13.0 Å². The standard InChI is InChI=1S/C11H24N2O/c1-3-4-5-6-11(13-12)10-7-8-14-9(10)2/h9-11,13H,3-8,12H2,1-2H3. The fraction of sp³-hybridized carbons (Fsp3) is 1.00. The van der Waals surface area contributed by atoms with E-state index in [1.54, 1.807) is 0 Å². The predicted octanol–water partition coefficient (Wildman–Crippen LogP) is 1.82. The molecule has 1 fully saturated rings. The lowest BCUT2D eigenvalue weighted by Gasteiger charge is -2.24. The van der Waals surface area contributed by atoms with Crippen molar-refractivity contribution in [1.82, 2.24) is 5.43 Å². The molecule has 1 aliphatic rings. The first-order valence-electron chi connectivity index (χ1n) is 5.87. The highest BCUT2D eigenvalue weighted by Gasteiger charge is 2.30. The minimum Gasteiger partial charge on any atom is -0.378 e. The lowest BCUT2D eigenvalue weighted by Crippen LogP contribution is -2.43. The number of nitrogens with one attached hydrogen (secondary N) is 1. The molecule has 3 nitrogen and oxygen atoms in total. The zero-order chi connectivity index (χ0) is 10.4. The molecule has 1 saturated heterocycles. The van der Waals surface area contributed by atoms with Crippen LogP contribution in [0.1, 0.15) is 46.0 Å². The summed E-state index contributed by atoms with van der Waals surface area (Å²) in [6.07, 6.45) is 6.56. The van der Waals surface area contributed by atoms with E-state index in [4.69, 9.17) is 10.6 Å². The van der Waals surface area contributed by atoms with Gasteiger partial charge in [0, 0.05) is 18.6 Å². The van der Waals surface area contributed by atoms with Crippen molar-refractivity contribution in [3.63, 3.8) is 0 Å². The van der Waals surface area contributed by atoms with Crippen molar-refractivity contribution in [3.8, 4) is 0 Å². The third-order valence-electron chi connectivity index (χ3n) is 3.28. The smallest absolute Gasteiger partial charge is 0.0591 e. The Balaban J connectivity index is 2.29. The zero-order valence-corrected chi connectivity index (χ0v) is 9.46. The molecule has 3 unspecified atom stereocenters. The lowest BCUT2D eigenvalue weighted by molar-refractivity contribution is 0.0939. The van der Waals surface area contributed by atoms with Gasteiger partial charge in [-0.2, -0.15) is 0 Å². The Morgan fingerprint density at radius 1 is 1.50 bits per heavy atom. The van der Waals surface area contributed by atoms with Crippen LogP contribution < -0.4 is 11.3 Å². The van der Waals surface area contributed by atoms with E-state index < -0.39 is 0 Å². The van der Waals surface area contributed by atoms with Crippen molar-refractivity contribution in [1.29, 1.82) is 0 Å². The van der Waals surface area contributed by atoms with Crippen LogP contribution in [0.2, 0.25) is 0 Å². The molecule has 3 heteroatoms. The van der Waals surface area contributed by atoms with Crippen LogP contribution >= 0.6 is 0 Å². The average molecular weight is 200 g/mol. The Bertz CT molecular complexity index is 152. The zero-order valence-electron chi connectivity index (χ0n) is 9.46. The molecule has 0 radical (unpaired) electrons. The molecule has 0 bridgehead atoms. The fourth-order valence-corrected chi connectivity index (χ4v) is 2.31. The number of hydrazine groups is 1. The molecule has 3 N–H and O–H groups in total. The summed E-state index contributed by atoms with van der Waals surface area (Å²) in [5.74, 6) is 6.20. The van der Waals surface area contributed by atoms with Crippen LogP contribution in [0.25, 0.3) is 0 Å². The van der Waals surface area contributed by atoms with Gasteiger partial charge in [-0.3, -0.25) is 11.3 Å². The van der Waals surface area contributed by atoms with E-state index in [-0.39, 0.29) is 0 Å². The van der Waals surface area contributed by atoms with Gasteiger partial charge in [-0.15, -0.1) is 0 Å². The summed E-state index contributed by atoms with van der Waals surface area (Å²) in [5.41, 5.74) is 2.95. The normalized spacial score (nSPS) is 29.4. The Kier molecular flexibility index (Phi) is 5.45. The Morgan fingerprint density at radius 2 is 2.29 bits per heavy atom. The van der Waals surface area contributed by atoms with Gasteiger partial charge in [-0.05, 0) is 19.8 Å². The monoisotopic (exact) mass is 200 g/mol. The topological polar surface area (TPSA) is 47.3 Å². The van der Waals surface area contributed by atoms with Gasteiger partial charge in [0.05, 0.1) is 6.10 Å². The van der Waals surface area contributed by atoms with Crippen LogP contribution in [0.5, 0.6) is 0 Å². The summed E-state index contributed by atoms with van der Waals surface area (Å²) in [5, 5.41) is 0. The van der Waals surface area contributed by atoms with Crippen LogP contribution in [-0.4, -0.2) is 18.8 Å². The van der Waals surface area contributed by atoms with Crippen molar-refractivity contribution in [3.05, 3.63) is 0 Å². The highest BCUT2D eigenvalue weighted by atomic mass is 16.5. The van der Waals surface area contributed by atoms with Crippen molar-refractivity contribution in [2.45, 2.75) is 58.1 Å². The average Bonchev–Trinajstić information content (AvgIpc) is 2.60. The second kappa shape index (κ2) is 6.38. The molecule has 0 aliphatic carbocycles. The number of hydrogen-bond acceptors (Lipinski definition) is 3. The van der Waals surface area contributed by atoms with Gasteiger partial charge in [0.1, 0.15) is 0 Å². The van der Waals surface area contributed by atoms with E-state index in [2.05, 4.69) is 19.3 Å². The van der Waals surface area contributed by atoms with Gasteiger partial charge < -0.3 is 4.74 Å². The molecule has 1 heterocycles. The second-order valence-electron chi connectivity index (χ2n) is 4.30. The maximum atomic E-state index is 5.59. The van der Waals surface area contributed by atoms with E-state index in [9.17, 15) is 0 Å². The molecule has 0 aromatic carbocycles. The summed E-state index contributed by atoms with van der Waals surface area (Å²) in [7, 11) is 0. The minimum absolute atomic E-state index is 0.373. The first-order valence-corrected chi connectivity index (χ1v) is 5.87. The summed E-state index contributed by atoms with van der Waals surface area (Å²) in [6.45, 7) is 5.28. The fourth-order valence-electron chi connectivity index (χ4n) is 2.31. The van der Waals surface area contributed by atoms with Gasteiger partial charge in [0.25, 0.3) is 0 Å². The van der Waals surface area contributed by atoms with Crippen molar-refractivity contribution < 1.29 is 4.74 Å². The van der Waals surface area contributed by atoms with Crippen LogP contribution in [0.3, 0.4) is 0 Å². The third-order valence-corrected chi connectivity index (χ3v) is 3.28. The summed E-state index contributed by atoms with van der Waals surface area (Å²) < 4.78 is 5.56. The van der Waals surface area contributed by atoms with Gasteiger partial charge >= 0.3 is 0 Å². The number of nitrogens with two attached hydrogens (primary N) is 1. The number of ether oxygens (including phenoxy) is 1. The summed E-state index contributed by atoms with van der Waals surface area (Å²) in [4.78, 5) is 0. The molecular weight excluding hydrogens is 176 g/mol. The van der Waals surface area contributed by atoms with Crippen LogP contribution in [-0.2, 0) is 4.74 Å². The Hall–Kier alpha value is -0.120. The molecule has 1 aliphatic heterocycles. The molecule has 1 rings (SSSR count). The number of unbranched alkanes of at least 4 members (excludes halogenated alkanes) is 2. The highest BCUT2D eigenvalue weighted by Crippen LogP contribution is 2.26. The van der Waals surface area contributed by atoms with Crippen molar-refractivity contribution in [2.24, 2.45) is 11.8 Å². The maximum absolute atomic E-state index is 5.59. The summed E-state index contributed by atoms with van der Waals surface area (Å²) >= 11 is 0. The SMILES string of the molecule is CCCCCC(NN)C1CCOC1C. The van der Waals surface area contributed by atoms with Crippen molar-refractivity contribution >= 4 is 0 Å². The van der Waals surface area contributed by atoms with Gasteiger partial charge in [0.2, 0.25) is 0 Å². The largest absolute Gasteiger partial charge is 0.378 e. The first-order chi connectivity index (χ1) is 6.79. The Morgan fingerprint density at radius 3 is 2.79 bits per heavy atom. The molecule has 14 heavy (non-hydrogen) atoms. The first kappa shape index (κ1) is 12.0. The minimum atomic E-state index is 0.373. The molecule has 0 saturated carbocycles. The number of rotatable bonds is 6. The molecule has 0 amide bonds. The van der Waals surface area contributed by atoms with Crippen LogP contribution in [0.15, 0.2) is 0 Å². The lowest BCUT2D eigenvalue weighted by atomic mass is 9.90. The summed E-state index contributed by atoms with van der Waals surface area (Å²) in [6, 6.07) is 0.444. The molecule has 84 valence electrons. The van der Waals surface area contributed by atoms with Gasteiger partial charge in [-0.1, -0.05) is 26.2 Å². The van der Waals surface area contributed by atoms with Crippen LogP contribution in [0, 0.1) is 5.92 Å². The predicted molar refractivity (Wildman–Crippen MR) is 58.8 cm³/mol. The van der Waals surface area contributed by atoms with Gasteiger partial charge in [0.15, 0.2) is 0 Å². The quantitative estimate of drug-likeness (QED) is 0.390.